The van der Waals surface area contributed by atoms with E-state index in [2.05, 4.69) is 0 Å². The van der Waals surface area contributed by atoms with Crippen LogP contribution in [0.4, 0.5) is 0 Å². The molecular formula is AlF6Na-2. The Morgan fingerprint density at radius 3 is 0.375 bits per heavy atom. The van der Waals surface area contributed by atoms with Crippen molar-refractivity contribution < 1.29 is 57.8 Å². The van der Waals surface area contributed by atoms with Crippen LogP contribution in [0.3, 0.4) is 0 Å². The zero-order valence-corrected chi connectivity index (χ0v) is 7.00. The van der Waals surface area contributed by atoms with Gasteiger partial charge in [-0.2, -0.15) is 0 Å². The first-order valence-corrected chi connectivity index (χ1v) is 0. The summed E-state index contributed by atoms with van der Waals surface area (Å²) in [7, 11) is 0. The van der Waals surface area contributed by atoms with Crippen molar-refractivity contribution in [3.8, 4) is 0 Å². The van der Waals surface area contributed by atoms with Gasteiger partial charge in [0.2, 0.25) is 0 Å². The number of hydrogen-bond acceptors (Lipinski definition) is 0. The zero-order chi connectivity index (χ0) is 0. The molecule has 0 fully saturated rings. The van der Waals surface area contributed by atoms with E-state index in [1.165, 1.54) is 0 Å². The molecule has 0 spiro atoms. The van der Waals surface area contributed by atoms with Crippen LogP contribution in [0, 0.1) is 0 Å². The summed E-state index contributed by atoms with van der Waals surface area (Å²) in [4.78, 5) is 0. The van der Waals surface area contributed by atoms with Crippen LogP contribution in [0.1, 0.15) is 0 Å². The van der Waals surface area contributed by atoms with Crippen molar-refractivity contribution in [2.45, 2.75) is 0 Å². The fourth-order valence-electron chi connectivity index (χ4n) is 0. The predicted molar refractivity (Wildman–Crippen MR) is 5.75 cm³/mol. The van der Waals surface area contributed by atoms with E-state index in [4.69, 9.17) is 0 Å². The maximum absolute atomic E-state index is 0. The van der Waals surface area contributed by atoms with Gasteiger partial charge in [0, 0.05) is 0 Å². The molecule has 0 aromatic carbocycles. The van der Waals surface area contributed by atoms with Gasteiger partial charge in [0.05, 0.1) is 0 Å². The Labute approximate surface area is 75.0 Å². The molecule has 0 aromatic rings. The van der Waals surface area contributed by atoms with E-state index in [1.54, 1.807) is 0 Å². The van der Waals surface area contributed by atoms with Crippen LogP contribution in [0.25, 0.3) is 0 Å². The van der Waals surface area contributed by atoms with E-state index in [0.29, 0.717) is 0 Å². The van der Waals surface area contributed by atoms with Crippen LogP contribution in [0.15, 0.2) is 0 Å². The largest absolute Gasteiger partial charge is 3.00 e. The van der Waals surface area contributed by atoms with Crippen molar-refractivity contribution in [1.82, 2.24) is 0 Å². The molecule has 0 unspecified atom stereocenters. The molecule has 0 radical (unpaired) electrons. The second-order valence-corrected chi connectivity index (χ2v) is 0. The van der Waals surface area contributed by atoms with Crippen molar-refractivity contribution in [2.24, 2.45) is 0 Å². The molecule has 8 heteroatoms. The van der Waals surface area contributed by atoms with E-state index in [1.807, 2.05) is 0 Å². The normalized spacial score (nSPS) is 0. The molecule has 0 aliphatic heterocycles. The summed E-state index contributed by atoms with van der Waals surface area (Å²) in [5.41, 5.74) is 0. The summed E-state index contributed by atoms with van der Waals surface area (Å²) in [6.45, 7) is 0. The van der Waals surface area contributed by atoms with E-state index in [9.17, 15) is 0 Å². The number of hydrogen-bond donors (Lipinski definition) is 0. The Kier molecular flexibility index (Phi) is 20100. The summed E-state index contributed by atoms with van der Waals surface area (Å²) in [5, 5.41) is 0. The monoisotopic (exact) mass is 164 g/mol. The molecule has 0 nitrogen and oxygen atoms in total. The molecule has 0 N–H and O–H groups in total. The first kappa shape index (κ1) is 485. The van der Waals surface area contributed by atoms with Crippen molar-refractivity contribution in [3.63, 3.8) is 0 Å². The van der Waals surface area contributed by atoms with Gasteiger partial charge in [-0.3, -0.25) is 0 Å². The molecular weight excluding hydrogens is 164 g/mol. The van der Waals surface area contributed by atoms with Crippen LogP contribution in [-0.2, 0) is 0 Å². The molecule has 0 atom stereocenters. The Morgan fingerprint density at radius 1 is 0.375 bits per heavy atom. The summed E-state index contributed by atoms with van der Waals surface area (Å²) in [6, 6.07) is 0. The van der Waals surface area contributed by atoms with Gasteiger partial charge in [-0.05, 0) is 0 Å². The topological polar surface area (TPSA) is 0 Å². The third-order valence-electron chi connectivity index (χ3n) is 0. The van der Waals surface area contributed by atoms with E-state index >= 15 is 0 Å². The van der Waals surface area contributed by atoms with Gasteiger partial charge in [0.1, 0.15) is 0 Å². The molecule has 0 amide bonds. The van der Waals surface area contributed by atoms with E-state index < -0.39 is 0 Å². The molecule has 0 rings (SSSR count). The molecule has 0 bridgehead atoms. The van der Waals surface area contributed by atoms with E-state index in [0.717, 1.165) is 0 Å². The number of rotatable bonds is 0. The van der Waals surface area contributed by atoms with Crippen LogP contribution in [0.2, 0.25) is 0 Å². The maximum Gasteiger partial charge on any atom is 3.00 e. The van der Waals surface area contributed by atoms with Gasteiger partial charge in [0.25, 0.3) is 0 Å². The van der Waals surface area contributed by atoms with Crippen molar-refractivity contribution >= 4 is 17.4 Å². The molecule has 0 aliphatic carbocycles. The molecule has 8 heavy (non-hydrogen) atoms. The first-order valence-electron chi connectivity index (χ1n) is 0. The van der Waals surface area contributed by atoms with Gasteiger partial charge < -0.3 is 28.2 Å². The zero-order valence-electron chi connectivity index (χ0n) is 3.85. The minimum atomic E-state index is 0. The average Bonchev–Trinajstić information content (AvgIpc) is 0. The van der Waals surface area contributed by atoms with Gasteiger partial charge in [0.15, 0.2) is 0 Å². The predicted octanol–water partition coefficient (Wildman–Crippen LogP) is -21.4. The van der Waals surface area contributed by atoms with Gasteiger partial charge >= 0.3 is 46.9 Å². The first-order chi connectivity index (χ1) is 0. The third kappa shape index (κ3) is 215. The Balaban J connectivity index is 0. The van der Waals surface area contributed by atoms with E-state index in [-0.39, 0.29) is 75.1 Å². The fourth-order valence-corrected chi connectivity index (χ4v) is 0. The molecule has 0 saturated carbocycles. The summed E-state index contributed by atoms with van der Waals surface area (Å²) < 4.78 is 0. The second-order valence-electron chi connectivity index (χ2n) is 0. The van der Waals surface area contributed by atoms with Crippen LogP contribution in [-0.4, -0.2) is 17.4 Å². The number of halogens is 6. The van der Waals surface area contributed by atoms with Crippen molar-refractivity contribution in [3.05, 3.63) is 0 Å². The van der Waals surface area contributed by atoms with Crippen LogP contribution < -0.4 is 57.8 Å². The minimum absolute atomic E-state index is 0. The average molecular weight is 164 g/mol. The summed E-state index contributed by atoms with van der Waals surface area (Å²) >= 11 is 0. The Bertz CT molecular complexity index is 8.49. The summed E-state index contributed by atoms with van der Waals surface area (Å²) in [6.07, 6.45) is 0. The maximum atomic E-state index is 0. The Hall–Kier alpha value is 1.11. The smallest absolute Gasteiger partial charge is 1.00 e. The SMILES string of the molecule is [Al+3].[F-].[F-].[F-].[F-].[F-].[F-].[Na+]. The second kappa shape index (κ2) is 332. The van der Waals surface area contributed by atoms with Crippen LogP contribution >= 0.6 is 0 Å². The van der Waals surface area contributed by atoms with Crippen molar-refractivity contribution in [1.29, 1.82) is 0 Å². The van der Waals surface area contributed by atoms with Crippen molar-refractivity contribution in [2.75, 3.05) is 0 Å². The quantitative estimate of drug-likeness (QED) is 0.246. The van der Waals surface area contributed by atoms with Crippen LogP contribution in [0.5, 0.6) is 0 Å². The Morgan fingerprint density at radius 2 is 0.375 bits per heavy atom. The third-order valence-corrected chi connectivity index (χ3v) is 0. The minimum Gasteiger partial charge on any atom is -1.00 e. The molecule has 0 aromatic heterocycles. The van der Waals surface area contributed by atoms with Gasteiger partial charge in [-0.15, -0.1) is 0 Å². The van der Waals surface area contributed by atoms with Gasteiger partial charge in [-0.1, -0.05) is 0 Å². The van der Waals surface area contributed by atoms with Gasteiger partial charge in [-0.25, -0.2) is 0 Å². The molecule has 48 valence electrons. The molecule has 0 aliphatic rings. The summed E-state index contributed by atoms with van der Waals surface area (Å²) in [5.74, 6) is 0. The molecule has 0 saturated heterocycles. The fraction of sp³-hybridized carbons (Fsp3) is 0. The molecule has 0 heterocycles. The standard InChI is InChI=1S/Al.6FH.Na/h;6*1H;/q+3;;;;;;;+1/p-6.